The molecule has 2 aromatic carbocycles. The Morgan fingerprint density at radius 1 is 1.12 bits per heavy atom. The molecule has 0 spiro atoms. The number of ether oxygens (including phenoxy) is 3. The Morgan fingerprint density at radius 2 is 1.85 bits per heavy atom. The zero-order valence-electron chi connectivity index (χ0n) is 14.8. The quantitative estimate of drug-likeness (QED) is 0.291. The van der Waals surface area contributed by atoms with Crippen LogP contribution in [0.25, 0.3) is 10.4 Å². The topological polar surface area (TPSA) is 93.5 Å². The molecular weight excluding hydrogens is 334 g/mol. The molecule has 7 heteroatoms. The van der Waals surface area contributed by atoms with Crippen LogP contribution in [0.3, 0.4) is 0 Å². The molecule has 0 heterocycles. The van der Waals surface area contributed by atoms with Crippen LogP contribution in [0.2, 0.25) is 0 Å². The summed E-state index contributed by atoms with van der Waals surface area (Å²) in [5.74, 6) is 0.715. The number of nitrogens with zero attached hydrogens (tertiary/aromatic N) is 3. The van der Waals surface area contributed by atoms with Crippen LogP contribution in [-0.4, -0.2) is 26.7 Å². The molecule has 2 rings (SSSR count). The van der Waals surface area contributed by atoms with Crippen molar-refractivity contribution in [1.29, 1.82) is 0 Å². The summed E-state index contributed by atoms with van der Waals surface area (Å²) in [6.45, 7) is 0.00304. The molecule has 0 radical (unpaired) electrons. The van der Waals surface area contributed by atoms with Crippen LogP contribution in [0, 0.1) is 0 Å². The van der Waals surface area contributed by atoms with E-state index in [1.54, 1.807) is 25.3 Å². The van der Waals surface area contributed by atoms with Gasteiger partial charge in [0, 0.05) is 11.3 Å². The molecule has 0 amide bonds. The molecule has 0 aliphatic rings. The Balaban J connectivity index is 2.09. The molecule has 0 N–H and O–H groups in total. The highest BCUT2D eigenvalue weighted by atomic mass is 16.5. The predicted octanol–water partition coefficient (Wildman–Crippen LogP) is 4.23. The van der Waals surface area contributed by atoms with E-state index in [9.17, 15) is 4.79 Å². The maximum atomic E-state index is 12.2. The second-order valence-electron chi connectivity index (χ2n) is 5.49. The molecule has 0 unspecified atom stereocenters. The van der Waals surface area contributed by atoms with Gasteiger partial charge >= 0.3 is 5.97 Å². The molecule has 26 heavy (non-hydrogen) atoms. The van der Waals surface area contributed by atoms with Gasteiger partial charge in [0.05, 0.1) is 20.8 Å². The average molecular weight is 355 g/mol. The standard InChI is InChI=1S/C19H21N3O4/c1-24-16-10-9-15(12-17(16)25-2)18(13-21-22-20)26-19(23)11-8-14-6-4-3-5-7-14/h3-7,9-10,12,18H,8,11,13H2,1-2H3/t18-/m1/s1. The summed E-state index contributed by atoms with van der Waals surface area (Å²) in [6, 6.07) is 14.9. The summed E-state index contributed by atoms with van der Waals surface area (Å²) in [5.41, 5.74) is 10.3. The van der Waals surface area contributed by atoms with Gasteiger partial charge in [-0.3, -0.25) is 4.79 Å². The number of hydrogen-bond acceptors (Lipinski definition) is 5. The van der Waals surface area contributed by atoms with Crippen molar-refractivity contribution in [3.63, 3.8) is 0 Å². The minimum Gasteiger partial charge on any atom is -0.493 e. The van der Waals surface area contributed by atoms with Gasteiger partial charge in [0.25, 0.3) is 0 Å². The maximum Gasteiger partial charge on any atom is 0.306 e. The van der Waals surface area contributed by atoms with Gasteiger partial charge in [0.15, 0.2) is 11.5 Å². The van der Waals surface area contributed by atoms with Crippen LogP contribution in [0.4, 0.5) is 0 Å². The maximum absolute atomic E-state index is 12.2. The molecule has 0 fully saturated rings. The number of carbonyl (C=O) groups is 1. The van der Waals surface area contributed by atoms with Crippen LogP contribution in [0.1, 0.15) is 23.7 Å². The summed E-state index contributed by atoms with van der Waals surface area (Å²) in [5, 5.41) is 3.55. The van der Waals surface area contributed by atoms with Gasteiger partial charge in [0.2, 0.25) is 0 Å². The molecule has 0 aliphatic heterocycles. The molecular formula is C19H21N3O4. The van der Waals surface area contributed by atoms with E-state index in [1.165, 1.54) is 7.11 Å². The number of methoxy groups -OCH3 is 2. The van der Waals surface area contributed by atoms with E-state index < -0.39 is 6.10 Å². The molecule has 1 atom stereocenters. The Morgan fingerprint density at radius 3 is 2.50 bits per heavy atom. The fraction of sp³-hybridized carbons (Fsp3) is 0.316. The molecule has 0 aliphatic carbocycles. The Kier molecular flexibility index (Phi) is 7.33. The Bertz CT molecular complexity index is 774. The highest BCUT2D eigenvalue weighted by Crippen LogP contribution is 2.31. The summed E-state index contributed by atoms with van der Waals surface area (Å²) in [7, 11) is 3.06. The van der Waals surface area contributed by atoms with Gasteiger partial charge in [-0.2, -0.15) is 0 Å². The molecule has 0 bridgehead atoms. The number of esters is 1. The average Bonchev–Trinajstić information content (AvgIpc) is 2.69. The minimum absolute atomic E-state index is 0.00304. The smallest absolute Gasteiger partial charge is 0.306 e. The summed E-state index contributed by atoms with van der Waals surface area (Å²) < 4.78 is 16.0. The van der Waals surface area contributed by atoms with Crippen molar-refractivity contribution in [3.8, 4) is 11.5 Å². The van der Waals surface area contributed by atoms with Crippen LogP contribution in [0.5, 0.6) is 11.5 Å². The van der Waals surface area contributed by atoms with Gasteiger partial charge in [-0.05, 0) is 35.2 Å². The molecule has 2 aromatic rings. The van der Waals surface area contributed by atoms with Crippen molar-refractivity contribution in [1.82, 2.24) is 0 Å². The number of aryl methyl sites for hydroxylation is 1. The zero-order valence-corrected chi connectivity index (χ0v) is 14.8. The van der Waals surface area contributed by atoms with Crippen molar-refractivity contribution in [3.05, 3.63) is 70.1 Å². The third-order valence-electron chi connectivity index (χ3n) is 3.82. The van der Waals surface area contributed by atoms with E-state index in [1.807, 2.05) is 30.3 Å². The molecule has 0 aromatic heterocycles. The van der Waals surface area contributed by atoms with Crippen molar-refractivity contribution in [2.45, 2.75) is 18.9 Å². The van der Waals surface area contributed by atoms with E-state index in [0.29, 0.717) is 23.5 Å². The second kappa shape index (κ2) is 9.96. The van der Waals surface area contributed by atoms with E-state index in [2.05, 4.69) is 10.0 Å². The number of carbonyl (C=O) groups excluding carboxylic acids is 1. The van der Waals surface area contributed by atoms with E-state index in [4.69, 9.17) is 19.7 Å². The summed E-state index contributed by atoms with van der Waals surface area (Å²) in [6.07, 6.45) is 0.137. The van der Waals surface area contributed by atoms with Crippen LogP contribution < -0.4 is 9.47 Å². The fourth-order valence-electron chi connectivity index (χ4n) is 2.48. The van der Waals surface area contributed by atoms with Crippen molar-refractivity contribution < 1.29 is 19.0 Å². The van der Waals surface area contributed by atoms with Gasteiger partial charge < -0.3 is 14.2 Å². The number of azide groups is 1. The molecule has 7 nitrogen and oxygen atoms in total. The highest BCUT2D eigenvalue weighted by Gasteiger charge is 2.18. The van der Waals surface area contributed by atoms with E-state index in [0.717, 1.165) is 5.56 Å². The first kappa shape index (κ1) is 19.1. The number of hydrogen-bond donors (Lipinski definition) is 0. The van der Waals surface area contributed by atoms with E-state index in [-0.39, 0.29) is 18.9 Å². The van der Waals surface area contributed by atoms with Gasteiger partial charge in [-0.15, -0.1) is 0 Å². The largest absolute Gasteiger partial charge is 0.493 e. The molecule has 136 valence electrons. The number of rotatable bonds is 9. The molecule has 0 saturated carbocycles. The Labute approximate surface area is 152 Å². The first-order valence-electron chi connectivity index (χ1n) is 8.14. The zero-order chi connectivity index (χ0) is 18.8. The highest BCUT2D eigenvalue weighted by molar-refractivity contribution is 5.70. The molecule has 0 saturated heterocycles. The van der Waals surface area contributed by atoms with Crippen LogP contribution >= 0.6 is 0 Å². The Hall–Kier alpha value is -3.18. The first-order valence-corrected chi connectivity index (χ1v) is 8.14. The lowest BCUT2D eigenvalue weighted by molar-refractivity contribution is -0.149. The lowest BCUT2D eigenvalue weighted by Crippen LogP contribution is -2.14. The van der Waals surface area contributed by atoms with Gasteiger partial charge in [-0.25, -0.2) is 0 Å². The lowest BCUT2D eigenvalue weighted by atomic mass is 10.1. The van der Waals surface area contributed by atoms with Crippen molar-refractivity contribution >= 4 is 5.97 Å². The van der Waals surface area contributed by atoms with E-state index >= 15 is 0 Å². The van der Waals surface area contributed by atoms with Gasteiger partial charge in [-0.1, -0.05) is 41.5 Å². The summed E-state index contributed by atoms with van der Waals surface area (Å²) >= 11 is 0. The lowest BCUT2D eigenvalue weighted by Gasteiger charge is -2.18. The van der Waals surface area contributed by atoms with Gasteiger partial charge in [0.1, 0.15) is 6.10 Å². The van der Waals surface area contributed by atoms with Crippen molar-refractivity contribution in [2.24, 2.45) is 5.11 Å². The number of benzene rings is 2. The first-order chi connectivity index (χ1) is 12.7. The van der Waals surface area contributed by atoms with Crippen LogP contribution in [-0.2, 0) is 16.0 Å². The SMILES string of the molecule is COc1ccc([C@@H](CN=[N+]=[N-])OC(=O)CCc2ccccc2)cc1OC. The third kappa shape index (κ3) is 5.43. The van der Waals surface area contributed by atoms with Crippen LogP contribution in [0.15, 0.2) is 53.6 Å². The third-order valence-corrected chi connectivity index (χ3v) is 3.82. The fourth-order valence-corrected chi connectivity index (χ4v) is 2.48. The second-order valence-corrected chi connectivity index (χ2v) is 5.49. The predicted molar refractivity (Wildman–Crippen MR) is 97.2 cm³/mol. The monoisotopic (exact) mass is 355 g/mol. The summed E-state index contributed by atoms with van der Waals surface area (Å²) in [4.78, 5) is 15.0. The normalized spacial score (nSPS) is 11.2. The van der Waals surface area contributed by atoms with Crippen molar-refractivity contribution in [2.75, 3.05) is 20.8 Å². The minimum atomic E-state index is -0.686.